The first kappa shape index (κ1) is 12.7. The van der Waals surface area contributed by atoms with Crippen LogP contribution in [0.3, 0.4) is 0 Å². The third kappa shape index (κ3) is 3.33. The fourth-order valence-electron chi connectivity index (χ4n) is 2.46. The average Bonchev–Trinajstić information content (AvgIpc) is 2.89. The second kappa shape index (κ2) is 5.69. The molecular weight excluding hydrogens is 214 g/mol. The molecule has 0 saturated carbocycles. The summed E-state index contributed by atoms with van der Waals surface area (Å²) in [4.78, 5) is 0. The van der Waals surface area contributed by atoms with E-state index < -0.39 is 0 Å². The van der Waals surface area contributed by atoms with Crippen molar-refractivity contribution in [2.24, 2.45) is 0 Å². The molecule has 0 amide bonds. The molecule has 3 atom stereocenters. The molecule has 0 spiro atoms. The van der Waals surface area contributed by atoms with Crippen LogP contribution < -0.4 is 0 Å². The zero-order valence-electron chi connectivity index (χ0n) is 10.8. The van der Waals surface area contributed by atoms with E-state index in [9.17, 15) is 5.11 Å². The van der Waals surface area contributed by atoms with E-state index in [-0.39, 0.29) is 6.10 Å². The van der Waals surface area contributed by atoms with Gasteiger partial charge in [-0.3, -0.25) is 0 Å². The SMILES string of the molecule is CCCC(O)c1ccn(CC2CCC(C)O2)c1. The summed E-state index contributed by atoms with van der Waals surface area (Å²) in [6, 6.07) is 2.01. The number of aliphatic hydroxyl groups is 1. The van der Waals surface area contributed by atoms with E-state index in [1.165, 1.54) is 0 Å². The van der Waals surface area contributed by atoms with Gasteiger partial charge in [-0.2, -0.15) is 0 Å². The summed E-state index contributed by atoms with van der Waals surface area (Å²) >= 11 is 0. The van der Waals surface area contributed by atoms with Crippen LogP contribution in [0.4, 0.5) is 0 Å². The largest absolute Gasteiger partial charge is 0.388 e. The van der Waals surface area contributed by atoms with Crippen molar-refractivity contribution in [2.75, 3.05) is 0 Å². The molecule has 3 unspecified atom stereocenters. The van der Waals surface area contributed by atoms with Crippen molar-refractivity contribution in [2.45, 2.75) is 64.4 Å². The molecule has 1 aromatic rings. The molecule has 1 aliphatic heterocycles. The third-order valence-electron chi connectivity index (χ3n) is 3.45. The standard InChI is InChI=1S/C14H23NO2/c1-3-4-14(16)12-7-8-15(9-12)10-13-6-5-11(2)17-13/h7-9,11,13-14,16H,3-6,10H2,1-2H3. The van der Waals surface area contributed by atoms with Crippen LogP contribution in [0, 0.1) is 0 Å². The third-order valence-corrected chi connectivity index (χ3v) is 3.45. The van der Waals surface area contributed by atoms with E-state index in [1.807, 2.05) is 18.5 Å². The zero-order chi connectivity index (χ0) is 12.3. The Kier molecular flexibility index (Phi) is 4.24. The Balaban J connectivity index is 1.89. The monoisotopic (exact) mass is 237 g/mol. The molecule has 1 N–H and O–H groups in total. The lowest BCUT2D eigenvalue weighted by molar-refractivity contribution is 0.0457. The van der Waals surface area contributed by atoms with E-state index in [0.717, 1.165) is 37.8 Å². The van der Waals surface area contributed by atoms with Crippen molar-refractivity contribution in [3.63, 3.8) is 0 Å². The number of nitrogens with zero attached hydrogens (tertiary/aromatic N) is 1. The molecular formula is C14H23NO2. The molecule has 2 heterocycles. The van der Waals surface area contributed by atoms with Crippen molar-refractivity contribution < 1.29 is 9.84 Å². The maximum Gasteiger partial charge on any atom is 0.0804 e. The first-order valence-corrected chi connectivity index (χ1v) is 6.68. The van der Waals surface area contributed by atoms with Crippen LogP contribution in [0.1, 0.15) is 51.2 Å². The van der Waals surface area contributed by atoms with E-state index in [2.05, 4.69) is 18.4 Å². The van der Waals surface area contributed by atoms with Gasteiger partial charge in [-0.05, 0) is 37.8 Å². The van der Waals surface area contributed by atoms with E-state index in [1.54, 1.807) is 0 Å². The van der Waals surface area contributed by atoms with Crippen molar-refractivity contribution in [1.29, 1.82) is 0 Å². The fourth-order valence-corrected chi connectivity index (χ4v) is 2.46. The van der Waals surface area contributed by atoms with E-state index in [4.69, 9.17) is 4.74 Å². The summed E-state index contributed by atoms with van der Waals surface area (Å²) in [5.74, 6) is 0. The molecule has 96 valence electrons. The van der Waals surface area contributed by atoms with Gasteiger partial charge in [0.2, 0.25) is 0 Å². The Morgan fingerprint density at radius 1 is 1.53 bits per heavy atom. The van der Waals surface area contributed by atoms with Gasteiger partial charge in [0.05, 0.1) is 18.3 Å². The fraction of sp³-hybridized carbons (Fsp3) is 0.714. The number of rotatable bonds is 5. The normalized spacial score (nSPS) is 26.3. The van der Waals surface area contributed by atoms with Crippen molar-refractivity contribution in [3.8, 4) is 0 Å². The Labute approximate surface area is 103 Å². The van der Waals surface area contributed by atoms with Gasteiger partial charge in [0, 0.05) is 18.9 Å². The van der Waals surface area contributed by atoms with Crippen molar-refractivity contribution >= 4 is 0 Å². The molecule has 1 saturated heterocycles. The lowest BCUT2D eigenvalue weighted by Crippen LogP contribution is -2.15. The molecule has 1 aliphatic rings. The molecule has 3 nitrogen and oxygen atoms in total. The van der Waals surface area contributed by atoms with Crippen LogP contribution in [-0.4, -0.2) is 21.9 Å². The Hall–Kier alpha value is -0.800. The van der Waals surface area contributed by atoms with E-state index >= 15 is 0 Å². The smallest absolute Gasteiger partial charge is 0.0804 e. The highest BCUT2D eigenvalue weighted by Gasteiger charge is 2.22. The number of hydrogen-bond donors (Lipinski definition) is 1. The molecule has 0 aromatic carbocycles. The predicted octanol–water partition coefficient (Wildman–Crippen LogP) is 2.89. The summed E-state index contributed by atoms with van der Waals surface area (Å²) in [5, 5.41) is 9.89. The summed E-state index contributed by atoms with van der Waals surface area (Å²) in [5.41, 5.74) is 1.03. The molecule has 1 aromatic heterocycles. The van der Waals surface area contributed by atoms with Gasteiger partial charge in [0.25, 0.3) is 0 Å². The maximum atomic E-state index is 9.89. The minimum absolute atomic E-state index is 0.315. The van der Waals surface area contributed by atoms with Crippen LogP contribution in [0.5, 0.6) is 0 Å². The van der Waals surface area contributed by atoms with Crippen LogP contribution >= 0.6 is 0 Å². The van der Waals surface area contributed by atoms with Crippen molar-refractivity contribution in [3.05, 3.63) is 24.0 Å². The molecule has 0 bridgehead atoms. The number of aromatic nitrogens is 1. The van der Waals surface area contributed by atoms with Gasteiger partial charge in [-0.25, -0.2) is 0 Å². The number of aliphatic hydroxyl groups excluding tert-OH is 1. The summed E-state index contributed by atoms with van der Waals surface area (Å²) in [6.45, 7) is 5.13. The number of ether oxygens (including phenoxy) is 1. The summed E-state index contributed by atoms with van der Waals surface area (Å²) in [6.07, 6.45) is 8.67. The lowest BCUT2D eigenvalue weighted by atomic mass is 10.1. The average molecular weight is 237 g/mol. The topological polar surface area (TPSA) is 34.4 Å². The van der Waals surface area contributed by atoms with Gasteiger partial charge in [0.1, 0.15) is 0 Å². The minimum Gasteiger partial charge on any atom is -0.388 e. The Morgan fingerprint density at radius 3 is 3.00 bits per heavy atom. The quantitative estimate of drug-likeness (QED) is 0.854. The number of hydrogen-bond acceptors (Lipinski definition) is 2. The first-order valence-electron chi connectivity index (χ1n) is 6.68. The van der Waals surface area contributed by atoms with Gasteiger partial charge >= 0.3 is 0 Å². The molecule has 3 heteroatoms. The van der Waals surface area contributed by atoms with Crippen molar-refractivity contribution in [1.82, 2.24) is 4.57 Å². The van der Waals surface area contributed by atoms with E-state index in [0.29, 0.717) is 12.2 Å². The minimum atomic E-state index is -0.315. The highest BCUT2D eigenvalue weighted by Crippen LogP contribution is 2.22. The summed E-state index contributed by atoms with van der Waals surface area (Å²) < 4.78 is 7.93. The second-order valence-corrected chi connectivity index (χ2v) is 5.09. The zero-order valence-corrected chi connectivity index (χ0v) is 10.8. The molecule has 0 aliphatic carbocycles. The van der Waals surface area contributed by atoms with Gasteiger partial charge in [-0.1, -0.05) is 13.3 Å². The highest BCUT2D eigenvalue weighted by molar-refractivity contribution is 5.13. The molecule has 0 radical (unpaired) electrons. The first-order chi connectivity index (χ1) is 8.19. The molecule has 17 heavy (non-hydrogen) atoms. The Bertz CT molecular complexity index is 348. The van der Waals surface area contributed by atoms with Crippen LogP contribution in [0.25, 0.3) is 0 Å². The van der Waals surface area contributed by atoms with Crippen LogP contribution in [-0.2, 0) is 11.3 Å². The molecule has 1 fully saturated rings. The van der Waals surface area contributed by atoms with Gasteiger partial charge in [-0.15, -0.1) is 0 Å². The summed E-state index contributed by atoms with van der Waals surface area (Å²) in [7, 11) is 0. The Morgan fingerprint density at radius 2 is 2.35 bits per heavy atom. The second-order valence-electron chi connectivity index (χ2n) is 5.09. The van der Waals surface area contributed by atoms with Crippen LogP contribution in [0.15, 0.2) is 18.5 Å². The predicted molar refractivity (Wildman–Crippen MR) is 67.9 cm³/mol. The maximum absolute atomic E-state index is 9.89. The lowest BCUT2D eigenvalue weighted by Gasteiger charge is -2.12. The highest BCUT2D eigenvalue weighted by atomic mass is 16.5. The molecule has 2 rings (SSSR count). The van der Waals surface area contributed by atoms with Gasteiger partial charge in [0.15, 0.2) is 0 Å². The van der Waals surface area contributed by atoms with Crippen LogP contribution in [0.2, 0.25) is 0 Å². The van der Waals surface area contributed by atoms with Gasteiger partial charge < -0.3 is 14.4 Å².